The Morgan fingerprint density at radius 2 is 2.04 bits per heavy atom. The van der Waals surface area contributed by atoms with Crippen molar-refractivity contribution in [1.29, 1.82) is 0 Å². The van der Waals surface area contributed by atoms with E-state index in [9.17, 15) is 9.59 Å². The second-order valence-corrected chi connectivity index (χ2v) is 6.97. The third kappa shape index (κ3) is 4.46. The molecule has 0 unspecified atom stereocenters. The summed E-state index contributed by atoms with van der Waals surface area (Å²) in [4.78, 5) is 37.8. The Labute approximate surface area is 151 Å². The van der Waals surface area contributed by atoms with Gasteiger partial charge in [0.2, 0.25) is 0 Å². The van der Waals surface area contributed by atoms with Crippen LogP contribution in [-0.4, -0.2) is 33.4 Å². The average Bonchev–Trinajstić information content (AvgIpc) is 3.28. The highest BCUT2D eigenvalue weighted by Crippen LogP contribution is 2.25. The lowest BCUT2D eigenvalue weighted by atomic mass is 10.4. The first-order chi connectivity index (χ1) is 12.1. The SMILES string of the molecule is Cc1nc(-c2ncccn2)sc1C(=O)OCC(=O)NCc1cccs1. The molecule has 0 radical (unpaired) electrons. The minimum atomic E-state index is -0.580. The summed E-state index contributed by atoms with van der Waals surface area (Å²) in [7, 11) is 0. The molecule has 0 aromatic carbocycles. The summed E-state index contributed by atoms with van der Waals surface area (Å²) in [5.41, 5.74) is 0.524. The van der Waals surface area contributed by atoms with Crippen molar-refractivity contribution in [3.8, 4) is 10.8 Å². The van der Waals surface area contributed by atoms with Crippen LogP contribution in [-0.2, 0) is 16.1 Å². The molecule has 1 N–H and O–H groups in total. The molecular formula is C16H14N4O3S2. The van der Waals surface area contributed by atoms with Gasteiger partial charge in [0.25, 0.3) is 5.91 Å². The second-order valence-electron chi connectivity index (χ2n) is 4.94. The van der Waals surface area contributed by atoms with Crippen LogP contribution in [0.2, 0.25) is 0 Å². The van der Waals surface area contributed by atoms with Crippen molar-refractivity contribution in [3.63, 3.8) is 0 Å². The molecule has 0 atom stereocenters. The molecule has 3 rings (SSSR count). The van der Waals surface area contributed by atoms with Gasteiger partial charge in [-0.05, 0) is 24.4 Å². The van der Waals surface area contributed by atoms with Gasteiger partial charge in [-0.15, -0.1) is 22.7 Å². The van der Waals surface area contributed by atoms with Crippen molar-refractivity contribution in [1.82, 2.24) is 20.3 Å². The van der Waals surface area contributed by atoms with Crippen molar-refractivity contribution >= 4 is 34.6 Å². The molecule has 0 bridgehead atoms. The van der Waals surface area contributed by atoms with Crippen molar-refractivity contribution in [3.05, 3.63) is 51.4 Å². The zero-order chi connectivity index (χ0) is 17.6. The molecule has 1 amide bonds. The number of carbonyl (C=O) groups is 2. The molecule has 3 aromatic heterocycles. The lowest BCUT2D eigenvalue weighted by molar-refractivity contribution is -0.124. The smallest absolute Gasteiger partial charge is 0.350 e. The Hall–Kier alpha value is -2.65. The Morgan fingerprint density at radius 3 is 2.76 bits per heavy atom. The Balaban J connectivity index is 1.56. The standard InChI is InChI=1S/C16H14N4O3S2/c1-10-13(25-15(20-10)14-17-5-3-6-18-14)16(22)23-9-12(21)19-8-11-4-2-7-24-11/h2-7H,8-9H2,1H3,(H,19,21). The minimum absolute atomic E-state index is 0.335. The molecule has 0 aliphatic heterocycles. The van der Waals surface area contributed by atoms with Crippen LogP contribution in [0, 0.1) is 6.92 Å². The zero-order valence-corrected chi connectivity index (χ0v) is 14.9. The fourth-order valence-corrected chi connectivity index (χ4v) is 3.49. The monoisotopic (exact) mass is 374 g/mol. The fourth-order valence-electron chi connectivity index (χ4n) is 1.94. The summed E-state index contributed by atoms with van der Waals surface area (Å²) >= 11 is 2.69. The third-order valence-corrected chi connectivity index (χ3v) is 5.12. The van der Waals surface area contributed by atoms with Crippen molar-refractivity contribution in [2.24, 2.45) is 0 Å². The Morgan fingerprint density at radius 1 is 1.24 bits per heavy atom. The summed E-state index contributed by atoms with van der Waals surface area (Å²) < 4.78 is 5.07. The Kier molecular flexibility index (Phi) is 5.46. The predicted molar refractivity (Wildman–Crippen MR) is 94.3 cm³/mol. The van der Waals surface area contributed by atoms with Crippen molar-refractivity contribution in [2.75, 3.05) is 6.61 Å². The molecule has 0 saturated heterocycles. The average molecular weight is 374 g/mol. The minimum Gasteiger partial charge on any atom is -0.451 e. The van der Waals surface area contributed by atoms with Crippen LogP contribution in [0.1, 0.15) is 20.2 Å². The number of thiazole rings is 1. The predicted octanol–water partition coefficient (Wildman–Crippen LogP) is 2.44. The van der Waals surface area contributed by atoms with Gasteiger partial charge < -0.3 is 10.1 Å². The van der Waals surface area contributed by atoms with E-state index in [1.807, 2.05) is 17.5 Å². The number of hydrogen-bond acceptors (Lipinski definition) is 8. The van der Waals surface area contributed by atoms with Gasteiger partial charge in [0, 0.05) is 17.3 Å². The van der Waals surface area contributed by atoms with Gasteiger partial charge in [-0.2, -0.15) is 0 Å². The van der Waals surface area contributed by atoms with Crippen LogP contribution in [0.3, 0.4) is 0 Å². The summed E-state index contributed by atoms with van der Waals surface area (Å²) in [5.74, 6) is -0.484. The van der Waals surface area contributed by atoms with Crippen molar-refractivity contribution < 1.29 is 14.3 Å². The molecule has 7 nitrogen and oxygen atoms in total. The van der Waals surface area contributed by atoms with Gasteiger partial charge >= 0.3 is 5.97 Å². The van der Waals surface area contributed by atoms with Gasteiger partial charge in [0.05, 0.1) is 12.2 Å². The van der Waals surface area contributed by atoms with Crippen LogP contribution in [0.15, 0.2) is 36.0 Å². The van der Waals surface area contributed by atoms with Gasteiger partial charge in [-0.25, -0.2) is 19.7 Å². The number of nitrogens with one attached hydrogen (secondary N) is 1. The highest BCUT2D eigenvalue weighted by atomic mass is 32.1. The maximum atomic E-state index is 12.2. The van der Waals surface area contributed by atoms with Gasteiger partial charge in [-0.1, -0.05) is 6.07 Å². The number of hydrogen-bond donors (Lipinski definition) is 1. The van der Waals surface area contributed by atoms with E-state index in [1.54, 1.807) is 36.7 Å². The normalized spacial score (nSPS) is 10.4. The molecule has 0 aliphatic carbocycles. The van der Waals surface area contributed by atoms with Crippen molar-refractivity contribution in [2.45, 2.75) is 13.5 Å². The highest BCUT2D eigenvalue weighted by molar-refractivity contribution is 7.17. The summed E-state index contributed by atoms with van der Waals surface area (Å²) in [6.45, 7) is 1.79. The quantitative estimate of drug-likeness (QED) is 0.666. The van der Waals surface area contributed by atoms with E-state index in [1.165, 1.54) is 0 Å². The summed E-state index contributed by atoms with van der Waals surface area (Å²) in [5, 5.41) is 5.17. The van der Waals surface area contributed by atoms with E-state index in [-0.39, 0.29) is 12.5 Å². The number of carbonyl (C=O) groups excluding carboxylic acids is 2. The molecule has 128 valence electrons. The van der Waals surface area contributed by atoms with Crippen LogP contribution in [0.5, 0.6) is 0 Å². The lowest BCUT2D eigenvalue weighted by Gasteiger charge is -2.05. The van der Waals surface area contributed by atoms with E-state index >= 15 is 0 Å². The van der Waals surface area contributed by atoms with Crippen LogP contribution in [0.25, 0.3) is 10.8 Å². The maximum Gasteiger partial charge on any atom is 0.350 e. The van der Waals surface area contributed by atoms with Gasteiger partial charge in [0.1, 0.15) is 4.88 Å². The molecule has 25 heavy (non-hydrogen) atoms. The first-order valence-corrected chi connectivity index (χ1v) is 9.04. The van der Waals surface area contributed by atoms with E-state index < -0.39 is 5.97 Å². The zero-order valence-electron chi connectivity index (χ0n) is 13.3. The number of thiophene rings is 1. The molecular weight excluding hydrogens is 360 g/mol. The molecule has 0 spiro atoms. The summed E-state index contributed by atoms with van der Waals surface area (Å²) in [6, 6.07) is 5.53. The molecule has 0 aliphatic rings. The van der Waals surface area contributed by atoms with Gasteiger partial charge in [0.15, 0.2) is 17.4 Å². The van der Waals surface area contributed by atoms with E-state index in [2.05, 4.69) is 20.3 Å². The highest BCUT2D eigenvalue weighted by Gasteiger charge is 2.19. The maximum absolute atomic E-state index is 12.2. The topological polar surface area (TPSA) is 94.1 Å². The molecule has 9 heteroatoms. The fraction of sp³-hybridized carbons (Fsp3) is 0.188. The number of rotatable bonds is 6. The summed E-state index contributed by atoms with van der Waals surface area (Å²) in [6.07, 6.45) is 3.21. The Bertz CT molecular complexity index is 863. The molecule has 3 heterocycles. The number of amides is 1. The van der Waals surface area contributed by atoms with Gasteiger partial charge in [-0.3, -0.25) is 4.79 Å². The molecule has 3 aromatic rings. The molecule has 0 fully saturated rings. The first-order valence-electron chi connectivity index (χ1n) is 7.34. The number of aromatic nitrogens is 3. The number of esters is 1. The molecule has 0 saturated carbocycles. The van der Waals surface area contributed by atoms with E-state index in [4.69, 9.17) is 4.74 Å². The lowest BCUT2D eigenvalue weighted by Crippen LogP contribution is -2.28. The van der Waals surface area contributed by atoms with Crippen LogP contribution >= 0.6 is 22.7 Å². The third-order valence-electron chi connectivity index (χ3n) is 3.11. The number of aryl methyl sites for hydroxylation is 1. The number of nitrogens with zero attached hydrogens (tertiary/aromatic N) is 3. The largest absolute Gasteiger partial charge is 0.451 e. The number of ether oxygens (including phenoxy) is 1. The second kappa shape index (κ2) is 7.95. The van der Waals surface area contributed by atoms with Crippen LogP contribution in [0.4, 0.5) is 0 Å². The first kappa shape index (κ1) is 17.2. The van der Waals surface area contributed by atoms with Crippen LogP contribution < -0.4 is 5.32 Å². The van der Waals surface area contributed by atoms with E-state index in [0.717, 1.165) is 16.2 Å². The van der Waals surface area contributed by atoms with E-state index in [0.29, 0.717) is 27.9 Å².